The summed E-state index contributed by atoms with van der Waals surface area (Å²) in [4.78, 5) is 12.1. The first-order valence-electron chi connectivity index (χ1n) is 7.82. The molecule has 0 spiro atoms. The first-order chi connectivity index (χ1) is 11.3. The van der Waals surface area contributed by atoms with E-state index in [1.807, 2.05) is 32.9 Å². The van der Waals surface area contributed by atoms with Crippen molar-refractivity contribution in [3.05, 3.63) is 59.7 Å². The smallest absolute Gasteiger partial charge is 0.261 e. The number of rotatable bonds is 6. The molecule has 0 bridgehead atoms. The quantitative estimate of drug-likeness (QED) is 0.842. The van der Waals surface area contributed by atoms with Gasteiger partial charge in [0.15, 0.2) is 0 Å². The molecule has 0 fully saturated rings. The number of amides is 1. The van der Waals surface area contributed by atoms with Crippen LogP contribution in [0.3, 0.4) is 0 Å². The van der Waals surface area contributed by atoms with Gasteiger partial charge in [0.1, 0.15) is 0 Å². The van der Waals surface area contributed by atoms with Crippen LogP contribution in [0.4, 0.5) is 5.69 Å². The van der Waals surface area contributed by atoms with E-state index in [0.717, 1.165) is 12.0 Å². The summed E-state index contributed by atoms with van der Waals surface area (Å²) >= 11 is 0. The van der Waals surface area contributed by atoms with E-state index in [9.17, 15) is 13.2 Å². The molecule has 0 aliphatic rings. The summed E-state index contributed by atoms with van der Waals surface area (Å²) in [7, 11) is -3.68. The van der Waals surface area contributed by atoms with E-state index in [0.29, 0.717) is 11.3 Å². The van der Waals surface area contributed by atoms with E-state index in [1.165, 1.54) is 24.3 Å². The van der Waals surface area contributed by atoms with Crippen molar-refractivity contribution < 1.29 is 13.2 Å². The predicted octanol–water partition coefficient (Wildman–Crippen LogP) is 3.32. The second kappa shape index (κ2) is 7.49. The minimum atomic E-state index is -3.68. The molecule has 0 saturated carbocycles. The van der Waals surface area contributed by atoms with Crippen LogP contribution in [-0.2, 0) is 10.0 Å². The third-order valence-corrected chi connectivity index (χ3v) is 5.12. The molecular formula is C18H22N2O3S. The molecule has 0 radical (unpaired) electrons. The van der Waals surface area contributed by atoms with Crippen LogP contribution >= 0.6 is 0 Å². The van der Waals surface area contributed by atoms with Crippen molar-refractivity contribution in [2.75, 3.05) is 4.72 Å². The molecule has 2 aromatic rings. The van der Waals surface area contributed by atoms with Gasteiger partial charge in [-0.25, -0.2) is 8.42 Å². The number of hydrogen-bond donors (Lipinski definition) is 2. The van der Waals surface area contributed by atoms with Crippen molar-refractivity contribution in [3.63, 3.8) is 0 Å². The summed E-state index contributed by atoms with van der Waals surface area (Å²) < 4.78 is 27.3. The molecule has 1 atom stereocenters. The van der Waals surface area contributed by atoms with Gasteiger partial charge < -0.3 is 5.32 Å². The Morgan fingerprint density at radius 1 is 1.04 bits per heavy atom. The molecular weight excluding hydrogens is 324 g/mol. The van der Waals surface area contributed by atoms with Gasteiger partial charge in [0.2, 0.25) is 0 Å². The van der Waals surface area contributed by atoms with Crippen LogP contribution in [0.5, 0.6) is 0 Å². The maximum absolute atomic E-state index is 12.4. The molecule has 128 valence electrons. The first-order valence-corrected chi connectivity index (χ1v) is 9.30. The van der Waals surface area contributed by atoms with Gasteiger partial charge in [0, 0.05) is 17.3 Å². The van der Waals surface area contributed by atoms with E-state index >= 15 is 0 Å². The van der Waals surface area contributed by atoms with E-state index < -0.39 is 10.0 Å². The largest absolute Gasteiger partial charge is 0.350 e. The van der Waals surface area contributed by atoms with Gasteiger partial charge in [-0.05, 0) is 56.7 Å². The predicted molar refractivity (Wildman–Crippen MR) is 95.6 cm³/mol. The third-order valence-electron chi connectivity index (χ3n) is 3.72. The molecule has 2 N–H and O–H groups in total. The second-order valence-electron chi connectivity index (χ2n) is 5.78. The molecule has 24 heavy (non-hydrogen) atoms. The van der Waals surface area contributed by atoms with Gasteiger partial charge in [-0.3, -0.25) is 9.52 Å². The number of anilines is 1. The van der Waals surface area contributed by atoms with Crippen molar-refractivity contribution >= 4 is 21.6 Å². The highest BCUT2D eigenvalue weighted by Gasteiger charge is 2.15. The van der Waals surface area contributed by atoms with Crippen LogP contribution in [-0.4, -0.2) is 20.4 Å². The van der Waals surface area contributed by atoms with Crippen LogP contribution in [0.1, 0.15) is 36.2 Å². The van der Waals surface area contributed by atoms with Crippen molar-refractivity contribution in [2.24, 2.45) is 0 Å². The van der Waals surface area contributed by atoms with Crippen LogP contribution in [0, 0.1) is 6.92 Å². The first kappa shape index (κ1) is 18.0. The maximum Gasteiger partial charge on any atom is 0.261 e. The molecule has 1 unspecified atom stereocenters. The summed E-state index contributed by atoms with van der Waals surface area (Å²) in [5.41, 5.74) is 1.98. The van der Waals surface area contributed by atoms with E-state index in [2.05, 4.69) is 10.0 Å². The third kappa shape index (κ3) is 4.58. The lowest BCUT2D eigenvalue weighted by atomic mass is 10.2. The van der Waals surface area contributed by atoms with Crippen LogP contribution in [0.15, 0.2) is 53.4 Å². The fraction of sp³-hybridized carbons (Fsp3) is 0.278. The number of hydrogen-bond acceptors (Lipinski definition) is 3. The van der Waals surface area contributed by atoms with E-state index in [1.54, 1.807) is 12.1 Å². The highest BCUT2D eigenvalue weighted by atomic mass is 32.2. The second-order valence-corrected chi connectivity index (χ2v) is 7.46. The number of benzene rings is 2. The Hall–Kier alpha value is -2.34. The lowest BCUT2D eigenvalue weighted by Crippen LogP contribution is -2.31. The fourth-order valence-corrected chi connectivity index (χ4v) is 3.09. The SMILES string of the molecule is CCC(C)NC(=O)c1ccc(S(=O)(=O)Nc2ccc(C)cc2)cc1. The van der Waals surface area contributed by atoms with Crippen molar-refractivity contribution in [1.29, 1.82) is 0 Å². The Balaban J connectivity index is 2.14. The summed E-state index contributed by atoms with van der Waals surface area (Å²) in [6.45, 7) is 5.83. The minimum Gasteiger partial charge on any atom is -0.350 e. The van der Waals surface area contributed by atoms with E-state index in [4.69, 9.17) is 0 Å². The lowest BCUT2D eigenvalue weighted by Gasteiger charge is -2.12. The summed E-state index contributed by atoms with van der Waals surface area (Å²) in [6, 6.07) is 13.1. The zero-order valence-electron chi connectivity index (χ0n) is 14.0. The molecule has 1 amide bonds. The molecule has 6 heteroatoms. The van der Waals surface area contributed by atoms with Gasteiger partial charge in [-0.1, -0.05) is 24.6 Å². The Morgan fingerprint density at radius 2 is 1.62 bits per heavy atom. The average molecular weight is 346 g/mol. The van der Waals surface area contributed by atoms with Crippen molar-refractivity contribution in [1.82, 2.24) is 5.32 Å². The number of carbonyl (C=O) groups is 1. The molecule has 0 saturated heterocycles. The molecule has 5 nitrogen and oxygen atoms in total. The zero-order valence-corrected chi connectivity index (χ0v) is 14.9. The minimum absolute atomic E-state index is 0.0733. The Labute approximate surface area is 143 Å². The van der Waals surface area contributed by atoms with Gasteiger partial charge in [-0.15, -0.1) is 0 Å². The van der Waals surface area contributed by atoms with E-state index in [-0.39, 0.29) is 16.8 Å². The van der Waals surface area contributed by atoms with Gasteiger partial charge in [0.25, 0.3) is 15.9 Å². The highest BCUT2D eigenvalue weighted by Crippen LogP contribution is 2.17. The van der Waals surface area contributed by atoms with Crippen molar-refractivity contribution in [3.8, 4) is 0 Å². The number of sulfonamides is 1. The lowest BCUT2D eigenvalue weighted by molar-refractivity contribution is 0.0939. The number of nitrogens with one attached hydrogen (secondary N) is 2. The molecule has 0 heterocycles. The summed E-state index contributed by atoms with van der Waals surface area (Å²) in [5.74, 6) is -0.209. The van der Waals surface area contributed by atoms with Gasteiger partial charge in [0.05, 0.1) is 4.90 Å². The molecule has 0 aliphatic carbocycles. The summed E-state index contributed by atoms with van der Waals surface area (Å²) in [6.07, 6.45) is 0.832. The Morgan fingerprint density at radius 3 is 2.17 bits per heavy atom. The molecule has 2 aromatic carbocycles. The van der Waals surface area contributed by atoms with Crippen LogP contribution < -0.4 is 10.0 Å². The van der Waals surface area contributed by atoms with Crippen molar-refractivity contribution in [2.45, 2.75) is 38.1 Å². The number of aryl methyl sites for hydroxylation is 1. The topological polar surface area (TPSA) is 75.3 Å². The van der Waals surface area contributed by atoms with Gasteiger partial charge >= 0.3 is 0 Å². The average Bonchev–Trinajstić information content (AvgIpc) is 2.56. The summed E-state index contributed by atoms with van der Waals surface area (Å²) in [5, 5.41) is 2.85. The monoisotopic (exact) mass is 346 g/mol. The zero-order chi connectivity index (χ0) is 17.7. The van der Waals surface area contributed by atoms with Gasteiger partial charge in [-0.2, -0.15) is 0 Å². The fourth-order valence-electron chi connectivity index (χ4n) is 2.03. The Bertz CT molecular complexity index is 797. The van der Waals surface area contributed by atoms with Crippen LogP contribution in [0.2, 0.25) is 0 Å². The van der Waals surface area contributed by atoms with Crippen LogP contribution in [0.25, 0.3) is 0 Å². The molecule has 0 aliphatic heterocycles. The Kier molecular flexibility index (Phi) is 5.62. The molecule has 2 rings (SSSR count). The maximum atomic E-state index is 12.4. The normalized spacial score (nSPS) is 12.5. The number of carbonyl (C=O) groups excluding carboxylic acids is 1. The molecule has 0 aromatic heterocycles. The standard InChI is InChI=1S/C18H22N2O3S/c1-4-14(3)19-18(21)15-7-11-17(12-8-15)24(22,23)20-16-9-5-13(2)6-10-16/h5-12,14,20H,4H2,1-3H3,(H,19,21). The highest BCUT2D eigenvalue weighted by molar-refractivity contribution is 7.92.